The molecule has 0 aromatic heterocycles. The number of benzene rings is 1. The Morgan fingerprint density at radius 1 is 1.33 bits per heavy atom. The van der Waals surface area contributed by atoms with Crippen LogP contribution in [0.3, 0.4) is 0 Å². The highest BCUT2D eigenvalue weighted by Crippen LogP contribution is 2.34. The molecular weight excluding hydrogens is 331 g/mol. The molecule has 0 aliphatic carbocycles. The maximum absolute atomic E-state index is 12.5. The van der Waals surface area contributed by atoms with Crippen molar-refractivity contribution in [2.75, 3.05) is 7.11 Å². The van der Waals surface area contributed by atoms with E-state index in [0.717, 1.165) is 19.3 Å². The molecule has 1 aliphatic heterocycles. The van der Waals surface area contributed by atoms with Gasteiger partial charge >= 0.3 is 17.8 Å². The van der Waals surface area contributed by atoms with Gasteiger partial charge in [0.05, 0.1) is 4.92 Å². The summed E-state index contributed by atoms with van der Waals surface area (Å²) in [4.78, 5) is 10.2. The van der Waals surface area contributed by atoms with Gasteiger partial charge in [0.2, 0.25) is 0 Å². The van der Waals surface area contributed by atoms with Crippen molar-refractivity contribution in [2.45, 2.75) is 12.1 Å². The van der Waals surface area contributed by atoms with Crippen LogP contribution >= 0.6 is 0 Å². The molecule has 10 heteroatoms. The van der Waals surface area contributed by atoms with Gasteiger partial charge in [0.15, 0.2) is 0 Å². The summed E-state index contributed by atoms with van der Waals surface area (Å²) in [6.07, 6.45) is -2.75. The number of hydrogen-bond donors (Lipinski definition) is 1. The van der Waals surface area contributed by atoms with Crippen molar-refractivity contribution in [2.24, 2.45) is 0 Å². The summed E-state index contributed by atoms with van der Waals surface area (Å²) in [5.74, 6) is -0.523. The first-order chi connectivity index (χ1) is 11.2. The zero-order chi connectivity index (χ0) is 18.0. The number of nitriles is 1. The number of dihydropyridines is 1. The summed E-state index contributed by atoms with van der Waals surface area (Å²) in [5.41, 5.74) is -2.77. The molecule has 2 rings (SSSR count). The fraction of sp³-hybridized carbons (Fsp3) is 0.214. The van der Waals surface area contributed by atoms with E-state index in [0.29, 0.717) is 0 Å². The van der Waals surface area contributed by atoms with Crippen LogP contribution in [0, 0.1) is 21.4 Å². The fourth-order valence-corrected chi connectivity index (χ4v) is 2.11. The van der Waals surface area contributed by atoms with Crippen LogP contribution in [0.2, 0.25) is 0 Å². The zero-order valence-corrected chi connectivity index (χ0v) is 12.1. The van der Waals surface area contributed by atoms with Gasteiger partial charge in [0.1, 0.15) is 11.8 Å². The first-order valence-electron chi connectivity index (χ1n) is 6.39. The largest absolute Gasteiger partial charge is 0.573 e. The van der Waals surface area contributed by atoms with E-state index in [4.69, 9.17) is 4.74 Å². The van der Waals surface area contributed by atoms with Crippen molar-refractivity contribution in [3.63, 3.8) is 0 Å². The number of rotatable bonds is 4. The molecule has 0 amide bonds. The van der Waals surface area contributed by atoms with Crippen molar-refractivity contribution >= 4 is 5.70 Å². The summed E-state index contributed by atoms with van der Waals surface area (Å²) in [6, 6.07) is 6.80. The maximum atomic E-state index is 12.5. The van der Waals surface area contributed by atoms with Gasteiger partial charge < -0.3 is 14.8 Å². The molecule has 1 aromatic carbocycles. The molecule has 1 aromatic rings. The van der Waals surface area contributed by atoms with Crippen molar-refractivity contribution in [1.29, 1.82) is 5.26 Å². The van der Waals surface area contributed by atoms with Crippen molar-refractivity contribution in [1.82, 2.24) is 5.32 Å². The van der Waals surface area contributed by atoms with Crippen molar-refractivity contribution < 1.29 is 27.6 Å². The summed E-state index contributed by atoms with van der Waals surface area (Å²) >= 11 is 0. The van der Waals surface area contributed by atoms with E-state index < -0.39 is 28.5 Å². The zero-order valence-electron chi connectivity index (χ0n) is 12.1. The molecule has 7 nitrogen and oxygen atoms in total. The molecule has 126 valence electrons. The number of nitrogens with one attached hydrogen (secondary N) is 1. The second kappa shape index (κ2) is 6.21. The lowest BCUT2D eigenvalue weighted by molar-refractivity contribution is -0.443. The lowest BCUT2D eigenvalue weighted by Crippen LogP contribution is -2.49. The number of ether oxygens (including phenoxy) is 2. The van der Waals surface area contributed by atoms with Crippen LogP contribution in [0.25, 0.3) is 5.70 Å². The number of alkyl halides is 3. The highest BCUT2D eigenvalue weighted by Gasteiger charge is 2.46. The summed E-state index contributed by atoms with van der Waals surface area (Å²) in [6.45, 7) is 0. The van der Waals surface area contributed by atoms with Gasteiger partial charge in [0, 0.05) is 24.4 Å². The molecule has 1 heterocycles. The summed E-state index contributed by atoms with van der Waals surface area (Å²) < 4.78 is 46.3. The predicted molar refractivity (Wildman–Crippen MR) is 74.7 cm³/mol. The minimum atomic E-state index is -4.92. The first kappa shape index (κ1) is 17.3. The van der Waals surface area contributed by atoms with Gasteiger partial charge in [-0.1, -0.05) is 12.1 Å². The van der Waals surface area contributed by atoms with E-state index >= 15 is 0 Å². The quantitative estimate of drug-likeness (QED) is 0.668. The molecule has 24 heavy (non-hydrogen) atoms. The van der Waals surface area contributed by atoms with Crippen LogP contribution in [0.1, 0.15) is 5.56 Å². The number of para-hydroxylation sites is 1. The minimum absolute atomic E-state index is 0.00356. The van der Waals surface area contributed by atoms with Gasteiger partial charge in [0.25, 0.3) is 0 Å². The van der Waals surface area contributed by atoms with Gasteiger partial charge in [-0.2, -0.15) is 5.26 Å². The molecule has 0 radical (unpaired) electrons. The van der Waals surface area contributed by atoms with Crippen LogP contribution in [0.15, 0.2) is 42.1 Å². The van der Waals surface area contributed by atoms with Crippen LogP contribution in [-0.4, -0.2) is 24.1 Å². The van der Waals surface area contributed by atoms with Gasteiger partial charge in [-0.3, -0.25) is 10.1 Å². The van der Waals surface area contributed by atoms with E-state index in [1.807, 2.05) is 0 Å². The van der Waals surface area contributed by atoms with E-state index in [9.17, 15) is 28.5 Å². The standard InChI is InChI=1S/C14H10F3N3O4/c1-23-13(8-18)12(20(21)22)7-6-10(19-13)9-4-2-3-5-11(9)24-14(15,16)17/h2-7,19H,1H3. The Labute approximate surface area is 133 Å². The summed E-state index contributed by atoms with van der Waals surface area (Å²) in [5, 5.41) is 22.8. The molecule has 1 N–H and O–H groups in total. The normalized spacial score (nSPS) is 20.3. The van der Waals surface area contributed by atoms with Crippen molar-refractivity contribution in [3.05, 3.63) is 57.8 Å². The Hall–Kier alpha value is -3.06. The maximum Gasteiger partial charge on any atom is 0.573 e. The number of allylic oxidation sites excluding steroid dienone is 2. The molecular formula is C14H10F3N3O4. The van der Waals surface area contributed by atoms with Crippen LogP contribution in [-0.2, 0) is 4.74 Å². The molecule has 1 atom stereocenters. The Balaban J connectivity index is 2.52. The summed E-state index contributed by atoms with van der Waals surface area (Å²) in [7, 11) is 1.06. The molecule has 0 saturated heterocycles. The van der Waals surface area contributed by atoms with Gasteiger partial charge in [-0.05, 0) is 18.2 Å². The first-order valence-corrected chi connectivity index (χ1v) is 6.39. The Bertz CT molecular complexity index is 767. The Morgan fingerprint density at radius 2 is 2.00 bits per heavy atom. The molecule has 0 fully saturated rings. The minimum Gasteiger partial charge on any atom is -0.405 e. The van der Waals surface area contributed by atoms with E-state index in [2.05, 4.69) is 10.1 Å². The highest BCUT2D eigenvalue weighted by molar-refractivity contribution is 5.73. The number of hydrogen-bond acceptors (Lipinski definition) is 6. The Kier molecular flexibility index (Phi) is 4.48. The number of nitro groups is 1. The number of halogens is 3. The predicted octanol–water partition coefficient (Wildman–Crippen LogP) is 2.56. The van der Waals surface area contributed by atoms with E-state index in [1.165, 1.54) is 24.3 Å². The number of nitrogens with zero attached hydrogens (tertiary/aromatic N) is 2. The molecule has 1 aliphatic rings. The third-order valence-corrected chi connectivity index (χ3v) is 3.14. The van der Waals surface area contributed by atoms with Gasteiger partial charge in [-0.15, -0.1) is 13.2 Å². The molecule has 1 unspecified atom stereocenters. The van der Waals surface area contributed by atoms with E-state index in [1.54, 1.807) is 6.07 Å². The van der Waals surface area contributed by atoms with Crippen LogP contribution in [0.4, 0.5) is 13.2 Å². The second-order valence-electron chi connectivity index (χ2n) is 4.56. The third kappa shape index (κ3) is 3.31. The number of methoxy groups -OCH3 is 1. The molecule has 0 bridgehead atoms. The second-order valence-corrected chi connectivity index (χ2v) is 4.56. The van der Waals surface area contributed by atoms with Gasteiger partial charge in [-0.25, -0.2) is 0 Å². The van der Waals surface area contributed by atoms with E-state index in [-0.39, 0.29) is 11.3 Å². The Morgan fingerprint density at radius 3 is 2.54 bits per heavy atom. The average molecular weight is 341 g/mol. The average Bonchev–Trinajstić information content (AvgIpc) is 2.53. The highest BCUT2D eigenvalue weighted by atomic mass is 19.4. The monoisotopic (exact) mass is 341 g/mol. The smallest absolute Gasteiger partial charge is 0.405 e. The lowest BCUT2D eigenvalue weighted by atomic mass is 10.0. The topological polar surface area (TPSA) is 97.4 Å². The van der Waals surface area contributed by atoms with Crippen LogP contribution in [0.5, 0.6) is 5.75 Å². The van der Waals surface area contributed by atoms with Crippen LogP contribution < -0.4 is 10.1 Å². The third-order valence-electron chi connectivity index (χ3n) is 3.14. The lowest BCUT2D eigenvalue weighted by Gasteiger charge is -2.28. The SMILES string of the molecule is COC1(C#N)NC(c2ccccc2OC(F)(F)F)=CC=C1[N+](=O)[O-]. The fourth-order valence-electron chi connectivity index (χ4n) is 2.11. The van der Waals surface area contributed by atoms with Crippen molar-refractivity contribution in [3.8, 4) is 11.8 Å². The molecule has 0 spiro atoms. The molecule has 0 saturated carbocycles.